The Bertz CT molecular complexity index is 935. The zero-order chi connectivity index (χ0) is 19.7. The van der Waals surface area contributed by atoms with Crippen molar-refractivity contribution in [1.29, 1.82) is 0 Å². The Morgan fingerprint density at radius 2 is 1.93 bits per heavy atom. The molecule has 2 aromatic rings. The molecule has 146 valence electrons. The van der Waals surface area contributed by atoms with Gasteiger partial charge in [0.2, 0.25) is 0 Å². The summed E-state index contributed by atoms with van der Waals surface area (Å²) in [5.41, 5.74) is 9.38. The molecule has 0 atom stereocenters. The van der Waals surface area contributed by atoms with Crippen molar-refractivity contribution >= 4 is 17.7 Å². The lowest BCUT2D eigenvalue weighted by atomic mass is 9.99. The van der Waals surface area contributed by atoms with Gasteiger partial charge in [-0.1, -0.05) is 13.8 Å². The van der Waals surface area contributed by atoms with Crippen molar-refractivity contribution in [2.75, 3.05) is 13.1 Å². The van der Waals surface area contributed by atoms with Gasteiger partial charge in [0.05, 0.1) is 5.57 Å². The zero-order valence-corrected chi connectivity index (χ0v) is 16.6. The molecule has 2 N–H and O–H groups in total. The van der Waals surface area contributed by atoms with Gasteiger partial charge in [-0.2, -0.15) is 5.10 Å². The van der Waals surface area contributed by atoms with Crippen molar-refractivity contribution in [3.63, 3.8) is 0 Å². The van der Waals surface area contributed by atoms with Crippen LogP contribution in [0.3, 0.4) is 0 Å². The van der Waals surface area contributed by atoms with Gasteiger partial charge in [-0.15, -0.1) is 0 Å². The zero-order valence-electron chi connectivity index (χ0n) is 16.6. The van der Waals surface area contributed by atoms with E-state index in [1.165, 1.54) is 36.0 Å². The van der Waals surface area contributed by atoms with Gasteiger partial charge in [0.1, 0.15) is 12.0 Å². The van der Waals surface area contributed by atoms with Crippen LogP contribution in [0.5, 0.6) is 0 Å². The molecule has 1 saturated carbocycles. The Labute approximate surface area is 165 Å². The van der Waals surface area contributed by atoms with E-state index in [4.69, 9.17) is 0 Å². The number of aryl methyl sites for hydroxylation is 1. The number of carbonyl (C=O) groups excluding carboxylic acids is 1. The molecule has 7 heteroatoms. The predicted octanol–water partition coefficient (Wildman–Crippen LogP) is 2.75. The highest BCUT2D eigenvalue weighted by Gasteiger charge is 2.32. The number of aromatic nitrogens is 3. The first-order valence-corrected chi connectivity index (χ1v) is 9.91. The molecule has 28 heavy (non-hydrogen) atoms. The van der Waals surface area contributed by atoms with Gasteiger partial charge in [-0.3, -0.25) is 9.69 Å². The number of carbonyl (C=O) groups is 1. The summed E-state index contributed by atoms with van der Waals surface area (Å²) in [4.78, 5) is 26.5. The van der Waals surface area contributed by atoms with E-state index in [2.05, 4.69) is 51.2 Å². The van der Waals surface area contributed by atoms with Crippen LogP contribution in [0.2, 0.25) is 0 Å². The normalized spacial score (nSPS) is 18.1. The first kappa shape index (κ1) is 18.6. The minimum atomic E-state index is -0.196. The number of nitrogens with zero attached hydrogens (tertiary/aromatic N) is 4. The molecular weight excluding hydrogens is 352 g/mol. The molecule has 2 aliphatic rings. The summed E-state index contributed by atoms with van der Waals surface area (Å²) in [6.45, 7) is 9.49. The van der Waals surface area contributed by atoms with E-state index in [1.807, 2.05) is 6.08 Å². The number of hydrogen-bond acceptors (Lipinski definition) is 5. The van der Waals surface area contributed by atoms with Crippen molar-refractivity contribution in [3.8, 4) is 0 Å². The molecule has 7 nitrogen and oxygen atoms in total. The van der Waals surface area contributed by atoms with Crippen LogP contribution in [0.4, 0.5) is 0 Å². The summed E-state index contributed by atoms with van der Waals surface area (Å²) >= 11 is 0. The van der Waals surface area contributed by atoms with Gasteiger partial charge < -0.3 is 4.98 Å². The third-order valence-electron chi connectivity index (χ3n) is 5.54. The molecule has 0 saturated heterocycles. The summed E-state index contributed by atoms with van der Waals surface area (Å²) in [5, 5.41) is 4.21. The van der Waals surface area contributed by atoms with Crippen LogP contribution in [0.25, 0.3) is 6.08 Å². The molecule has 1 amide bonds. The fourth-order valence-corrected chi connectivity index (χ4v) is 3.79. The van der Waals surface area contributed by atoms with E-state index in [0.717, 1.165) is 30.9 Å². The maximum absolute atomic E-state index is 12.5. The second kappa shape index (κ2) is 7.67. The summed E-state index contributed by atoms with van der Waals surface area (Å²) in [5.74, 6) is 0.380. The van der Waals surface area contributed by atoms with Gasteiger partial charge in [0, 0.05) is 35.9 Å². The molecule has 1 aliphatic heterocycles. The van der Waals surface area contributed by atoms with Gasteiger partial charge in [0.15, 0.2) is 0 Å². The summed E-state index contributed by atoms with van der Waals surface area (Å²) in [6.07, 6.45) is 9.18. The number of hydrogen-bond donors (Lipinski definition) is 2. The predicted molar refractivity (Wildman–Crippen MR) is 109 cm³/mol. The molecule has 0 unspecified atom stereocenters. The highest BCUT2D eigenvalue weighted by Crippen LogP contribution is 2.45. The number of rotatable bonds is 7. The molecule has 0 aromatic carbocycles. The highest BCUT2D eigenvalue weighted by atomic mass is 16.2. The van der Waals surface area contributed by atoms with Gasteiger partial charge in [-0.05, 0) is 56.0 Å². The summed E-state index contributed by atoms with van der Waals surface area (Å²) in [7, 11) is 0. The van der Waals surface area contributed by atoms with Crippen molar-refractivity contribution in [3.05, 3.63) is 52.4 Å². The maximum Gasteiger partial charge on any atom is 0.273 e. The minimum absolute atomic E-state index is 0.196. The monoisotopic (exact) mass is 378 g/mol. The van der Waals surface area contributed by atoms with Crippen molar-refractivity contribution in [2.45, 2.75) is 46.1 Å². The number of hydrazone groups is 1. The second-order valence-corrected chi connectivity index (χ2v) is 7.38. The molecule has 0 spiro atoms. The lowest BCUT2D eigenvalue weighted by Crippen LogP contribution is -2.22. The lowest BCUT2D eigenvalue weighted by molar-refractivity contribution is -0.116. The van der Waals surface area contributed by atoms with Crippen molar-refractivity contribution < 1.29 is 4.79 Å². The van der Waals surface area contributed by atoms with Gasteiger partial charge in [0.25, 0.3) is 5.91 Å². The lowest BCUT2D eigenvalue weighted by Gasteiger charge is -2.19. The number of amides is 1. The van der Waals surface area contributed by atoms with Gasteiger partial charge in [-0.25, -0.2) is 15.4 Å². The topological polar surface area (TPSA) is 86.3 Å². The number of nitrogens with one attached hydrogen (secondary N) is 2. The Kier molecular flexibility index (Phi) is 5.09. The van der Waals surface area contributed by atoms with Crippen LogP contribution < -0.4 is 5.43 Å². The van der Waals surface area contributed by atoms with Crippen LogP contribution in [-0.2, 0) is 11.3 Å². The van der Waals surface area contributed by atoms with Crippen LogP contribution in [0.1, 0.15) is 60.7 Å². The summed E-state index contributed by atoms with van der Waals surface area (Å²) in [6, 6.07) is 0. The van der Waals surface area contributed by atoms with Crippen LogP contribution in [0, 0.1) is 6.92 Å². The highest BCUT2D eigenvalue weighted by molar-refractivity contribution is 6.33. The Balaban J connectivity index is 1.75. The Morgan fingerprint density at radius 1 is 1.21 bits per heavy atom. The minimum Gasteiger partial charge on any atom is -0.359 e. The fraction of sp³-hybridized carbons (Fsp3) is 0.429. The number of aromatic amines is 1. The molecule has 3 heterocycles. The maximum atomic E-state index is 12.5. The Hall–Kier alpha value is -2.80. The molecule has 4 rings (SSSR count). The standard InChI is InChI=1S/C21H26N6O/c1-4-27(5-2)11-17-13(3)24-18(19(17)14-6-7-14)8-16-20(25-26-21(16)28)15-9-22-12-23-10-15/h8-10,12,14,24H,4-7,11H2,1-3H3,(H,26,28)/b16-8+. The molecule has 2 aromatic heterocycles. The van der Waals surface area contributed by atoms with Crippen LogP contribution in [-0.4, -0.2) is 44.6 Å². The van der Waals surface area contributed by atoms with Crippen LogP contribution in [0.15, 0.2) is 29.4 Å². The second-order valence-electron chi connectivity index (χ2n) is 7.38. The van der Waals surface area contributed by atoms with Crippen molar-refractivity contribution in [2.24, 2.45) is 5.10 Å². The van der Waals surface area contributed by atoms with E-state index >= 15 is 0 Å². The SMILES string of the molecule is CCN(CC)Cc1c(C)[nH]c(/C=C2/C(=O)NN=C2c2cncnc2)c1C1CC1. The molecular formula is C21H26N6O. The fourth-order valence-electron chi connectivity index (χ4n) is 3.79. The van der Waals surface area contributed by atoms with Crippen LogP contribution >= 0.6 is 0 Å². The van der Waals surface area contributed by atoms with E-state index < -0.39 is 0 Å². The third kappa shape index (κ3) is 3.49. The van der Waals surface area contributed by atoms with E-state index in [9.17, 15) is 4.79 Å². The smallest absolute Gasteiger partial charge is 0.273 e. The largest absolute Gasteiger partial charge is 0.359 e. The average Bonchev–Trinajstić information content (AvgIpc) is 3.42. The quantitative estimate of drug-likeness (QED) is 0.726. The molecule has 1 fully saturated rings. The van der Waals surface area contributed by atoms with E-state index in [1.54, 1.807) is 12.4 Å². The van der Waals surface area contributed by atoms with Crippen molar-refractivity contribution in [1.82, 2.24) is 25.3 Å². The third-order valence-corrected chi connectivity index (χ3v) is 5.54. The molecule has 0 bridgehead atoms. The van der Waals surface area contributed by atoms with E-state index in [-0.39, 0.29) is 5.91 Å². The Morgan fingerprint density at radius 3 is 2.57 bits per heavy atom. The first-order valence-electron chi connectivity index (χ1n) is 9.91. The van der Waals surface area contributed by atoms with Gasteiger partial charge >= 0.3 is 0 Å². The summed E-state index contributed by atoms with van der Waals surface area (Å²) < 4.78 is 0. The number of H-pyrrole nitrogens is 1. The average molecular weight is 378 g/mol. The first-order chi connectivity index (χ1) is 13.6. The molecule has 0 radical (unpaired) electrons. The van der Waals surface area contributed by atoms with E-state index in [0.29, 0.717) is 17.2 Å². The molecule has 1 aliphatic carbocycles.